The first kappa shape index (κ1) is 16.8. The lowest BCUT2D eigenvalue weighted by molar-refractivity contribution is 0.551. The van der Waals surface area contributed by atoms with E-state index in [1.54, 1.807) is 0 Å². The Labute approximate surface area is 134 Å². The number of anilines is 1. The summed E-state index contributed by atoms with van der Waals surface area (Å²) in [5.74, 6) is 0.700. The highest BCUT2D eigenvalue weighted by Crippen LogP contribution is 2.30. The van der Waals surface area contributed by atoms with Crippen LogP contribution in [0.15, 0.2) is 0 Å². The van der Waals surface area contributed by atoms with Gasteiger partial charge in [-0.15, -0.1) is 11.3 Å². The van der Waals surface area contributed by atoms with Crippen LogP contribution < -0.4 is 10.2 Å². The molecule has 1 aromatic heterocycles. The van der Waals surface area contributed by atoms with Crippen LogP contribution in [0, 0.1) is 12.8 Å². The zero-order chi connectivity index (χ0) is 15.2. The van der Waals surface area contributed by atoms with E-state index in [4.69, 9.17) is 4.98 Å². The quantitative estimate of drug-likeness (QED) is 0.792. The summed E-state index contributed by atoms with van der Waals surface area (Å²) >= 11 is 1.87. The lowest BCUT2D eigenvalue weighted by Crippen LogP contribution is -2.30. The third kappa shape index (κ3) is 4.96. The van der Waals surface area contributed by atoms with Crippen LogP contribution in [0.1, 0.15) is 62.9 Å². The van der Waals surface area contributed by atoms with Gasteiger partial charge in [0.25, 0.3) is 0 Å². The Bertz CT molecular complexity index is 420. The summed E-state index contributed by atoms with van der Waals surface area (Å²) in [5, 5.41) is 4.74. The first-order chi connectivity index (χ1) is 10.1. The average molecular weight is 310 g/mol. The van der Waals surface area contributed by atoms with Crippen molar-refractivity contribution in [1.82, 2.24) is 10.3 Å². The van der Waals surface area contributed by atoms with Crippen molar-refractivity contribution in [3.63, 3.8) is 0 Å². The van der Waals surface area contributed by atoms with Crippen LogP contribution in [-0.4, -0.2) is 24.6 Å². The Hall–Kier alpha value is -0.610. The molecule has 1 aliphatic carbocycles. The Balaban J connectivity index is 1.96. The van der Waals surface area contributed by atoms with Gasteiger partial charge < -0.3 is 10.2 Å². The third-order valence-electron chi connectivity index (χ3n) is 4.39. The fraction of sp³-hybridized carbons (Fsp3) is 0.824. The molecule has 2 rings (SSSR count). The van der Waals surface area contributed by atoms with Crippen LogP contribution in [0.4, 0.5) is 5.13 Å². The van der Waals surface area contributed by atoms with Gasteiger partial charge in [-0.05, 0) is 32.2 Å². The predicted octanol–water partition coefficient (Wildman–Crippen LogP) is 4.36. The van der Waals surface area contributed by atoms with E-state index < -0.39 is 0 Å². The van der Waals surface area contributed by atoms with Crippen molar-refractivity contribution in [2.45, 2.75) is 71.9 Å². The molecule has 0 aromatic carbocycles. The van der Waals surface area contributed by atoms with Gasteiger partial charge in [-0.3, -0.25) is 0 Å². The van der Waals surface area contributed by atoms with E-state index in [0.29, 0.717) is 12.0 Å². The van der Waals surface area contributed by atoms with Crippen molar-refractivity contribution < 1.29 is 0 Å². The zero-order valence-electron chi connectivity index (χ0n) is 14.1. The first-order valence-corrected chi connectivity index (χ1v) is 9.29. The number of nitrogens with zero attached hydrogens (tertiary/aromatic N) is 2. The molecule has 0 aliphatic heterocycles. The molecule has 1 saturated carbocycles. The Morgan fingerprint density at radius 3 is 2.52 bits per heavy atom. The predicted molar refractivity (Wildman–Crippen MR) is 93.3 cm³/mol. The maximum Gasteiger partial charge on any atom is 0.185 e. The molecule has 0 amide bonds. The number of nitrogens with one attached hydrogen (secondary N) is 1. The fourth-order valence-electron chi connectivity index (χ4n) is 3.00. The molecule has 0 radical (unpaired) electrons. The largest absolute Gasteiger partial charge is 0.348 e. The van der Waals surface area contributed by atoms with Crippen LogP contribution in [-0.2, 0) is 6.54 Å². The van der Waals surface area contributed by atoms with Crippen LogP contribution in [0.2, 0.25) is 0 Å². The zero-order valence-corrected chi connectivity index (χ0v) is 14.9. The van der Waals surface area contributed by atoms with Crippen LogP contribution in [0.3, 0.4) is 0 Å². The van der Waals surface area contributed by atoms with Crippen LogP contribution >= 0.6 is 11.3 Å². The monoisotopic (exact) mass is 309 g/mol. The number of aryl methyl sites for hydroxylation is 1. The molecule has 120 valence electrons. The van der Waals surface area contributed by atoms with Gasteiger partial charge in [0, 0.05) is 24.5 Å². The average Bonchev–Trinajstić information content (AvgIpc) is 2.67. The molecule has 21 heavy (non-hydrogen) atoms. The first-order valence-electron chi connectivity index (χ1n) is 8.47. The second kappa shape index (κ2) is 8.14. The molecule has 0 unspecified atom stereocenters. The topological polar surface area (TPSA) is 28.2 Å². The van der Waals surface area contributed by atoms with Crippen LogP contribution in [0.25, 0.3) is 0 Å². The second-order valence-electron chi connectivity index (χ2n) is 6.79. The Morgan fingerprint density at radius 1 is 1.24 bits per heavy atom. The number of hydrogen-bond acceptors (Lipinski definition) is 4. The Kier molecular flexibility index (Phi) is 6.49. The van der Waals surface area contributed by atoms with E-state index in [0.717, 1.165) is 13.1 Å². The van der Waals surface area contributed by atoms with Crippen molar-refractivity contribution >= 4 is 16.5 Å². The summed E-state index contributed by atoms with van der Waals surface area (Å²) in [7, 11) is 2.24. The van der Waals surface area contributed by atoms with Crippen molar-refractivity contribution in [2.75, 3.05) is 18.5 Å². The molecule has 3 nitrogen and oxygen atoms in total. The molecular weight excluding hydrogens is 278 g/mol. The number of rotatable bonds is 6. The molecule has 1 aliphatic rings. The number of thiazole rings is 1. The minimum absolute atomic E-state index is 0.689. The molecule has 1 aromatic rings. The maximum atomic E-state index is 4.82. The molecule has 1 fully saturated rings. The third-order valence-corrected chi connectivity index (χ3v) is 5.64. The van der Waals surface area contributed by atoms with Gasteiger partial charge in [0.05, 0.1) is 5.69 Å². The SMILES string of the molecule is Cc1nc(N(C)C2CCCCCC2)sc1CNCC(C)C. The molecule has 0 bridgehead atoms. The highest BCUT2D eigenvalue weighted by molar-refractivity contribution is 7.15. The minimum atomic E-state index is 0.689. The number of aromatic nitrogens is 1. The van der Waals surface area contributed by atoms with E-state index in [1.807, 2.05) is 11.3 Å². The van der Waals surface area contributed by atoms with Gasteiger partial charge in [-0.1, -0.05) is 39.5 Å². The van der Waals surface area contributed by atoms with E-state index in [9.17, 15) is 0 Å². The van der Waals surface area contributed by atoms with Gasteiger partial charge in [0.2, 0.25) is 0 Å². The van der Waals surface area contributed by atoms with Gasteiger partial charge >= 0.3 is 0 Å². The van der Waals surface area contributed by atoms with E-state index in [-0.39, 0.29) is 0 Å². The molecular formula is C17H31N3S. The Morgan fingerprint density at radius 2 is 1.90 bits per heavy atom. The summed E-state index contributed by atoms with van der Waals surface area (Å²) in [6.07, 6.45) is 8.23. The standard InChI is InChI=1S/C17H31N3S/c1-13(2)11-18-12-16-14(3)19-17(21-16)20(4)15-9-7-5-6-8-10-15/h13,15,18H,5-12H2,1-4H3. The molecule has 4 heteroatoms. The van der Waals surface area contributed by atoms with Gasteiger partial charge in [-0.25, -0.2) is 4.98 Å². The second-order valence-corrected chi connectivity index (χ2v) is 7.85. The maximum absolute atomic E-state index is 4.82. The van der Waals surface area contributed by atoms with Gasteiger partial charge in [-0.2, -0.15) is 0 Å². The molecule has 0 spiro atoms. The minimum Gasteiger partial charge on any atom is -0.348 e. The van der Waals surface area contributed by atoms with Gasteiger partial charge in [0.1, 0.15) is 0 Å². The summed E-state index contributed by atoms with van der Waals surface area (Å²) in [6.45, 7) is 8.67. The van der Waals surface area contributed by atoms with E-state index >= 15 is 0 Å². The molecule has 1 heterocycles. The van der Waals surface area contributed by atoms with Crippen molar-refractivity contribution in [2.24, 2.45) is 5.92 Å². The molecule has 0 saturated heterocycles. The highest BCUT2D eigenvalue weighted by atomic mass is 32.1. The normalized spacial score (nSPS) is 17.2. The smallest absolute Gasteiger partial charge is 0.185 e. The summed E-state index contributed by atoms with van der Waals surface area (Å²) in [5.41, 5.74) is 1.20. The van der Waals surface area contributed by atoms with Crippen molar-refractivity contribution in [3.05, 3.63) is 10.6 Å². The van der Waals surface area contributed by atoms with Crippen LogP contribution in [0.5, 0.6) is 0 Å². The van der Waals surface area contributed by atoms with Crippen molar-refractivity contribution in [3.8, 4) is 0 Å². The van der Waals surface area contributed by atoms with Gasteiger partial charge in [0.15, 0.2) is 5.13 Å². The van der Waals surface area contributed by atoms with E-state index in [2.05, 4.69) is 38.0 Å². The lowest BCUT2D eigenvalue weighted by Gasteiger charge is -2.26. The van der Waals surface area contributed by atoms with E-state index in [1.165, 1.54) is 54.2 Å². The summed E-state index contributed by atoms with van der Waals surface area (Å²) < 4.78 is 0. The van der Waals surface area contributed by atoms with Crippen molar-refractivity contribution in [1.29, 1.82) is 0 Å². The lowest BCUT2D eigenvalue weighted by atomic mass is 10.1. The highest BCUT2D eigenvalue weighted by Gasteiger charge is 2.20. The summed E-state index contributed by atoms with van der Waals surface area (Å²) in [6, 6.07) is 0.689. The molecule has 1 N–H and O–H groups in total. The summed E-state index contributed by atoms with van der Waals surface area (Å²) in [4.78, 5) is 8.65. The fourth-order valence-corrected chi connectivity index (χ4v) is 4.07. The molecule has 0 atom stereocenters. The number of hydrogen-bond donors (Lipinski definition) is 1.